The van der Waals surface area contributed by atoms with Crippen molar-refractivity contribution in [2.45, 2.75) is 31.2 Å². The highest BCUT2D eigenvalue weighted by atomic mass is 32.2. The van der Waals surface area contributed by atoms with Crippen molar-refractivity contribution >= 4 is 15.9 Å². The van der Waals surface area contributed by atoms with E-state index in [2.05, 4.69) is 4.72 Å². The first-order valence-corrected chi connectivity index (χ1v) is 9.32. The summed E-state index contributed by atoms with van der Waals surface area (Å²) in [7, 11) is -3.72. The number of nitrogens with one attached hydrogen (secondary N) is 1. The van der Waals surface area contributed by atoms with Crippen LogP contribution in [0.3, 0.4) is 0 Å². The van der Waals surface area contributed by atoms with Crippen LogP contribution in [0.25, 0.3) is 0 Å². The number of morpholine rings is 1. The first-order valence-electron chi connectivity index (χ1n) is 7.84. The van der Waals surface area contributed by atoms with E-state index in [1.54, 1.807) is 23.1 Å². The Balaban J connectivity index is 2.16. The standard InChI is InChI=1S/C16H24N2O4S/c1-13(2)12-15(16(19)18-8-10-22-11-9-18)17-23(20,21)14-6-4-3-5-7-14/h3-7,13,15,17H,8-12H2,1-2H3/t15-/m0/s1. The van der Waals surface area contributed by atoms with Crippen LogP contribution in [0.2, 0.25) is 0 Å². The second-order valence-electron chi connectivity index (χ2n) is 6.05. The smallest absolute Gasteiger partial charge is 0.241 e. The molecule has 1 amide bonds. The maximum Gasteiger partial charge on any atom is 0.241 e. The molecular weight excluding hydrogens is 316 g/mol. The summed E-state index contributed by atoms with van der Waals surface area (Å²) in [5.41, 5.74) is 0. The van der Waals surface area contributed by atoms with E-state index in [9.17, 15) is 13.2 Å². The molecule has 128 valence electrons. The van der Waals surface area contributed by atoms with Gasteiger partial charge in [-0.3, -0.25) is 4.79 Å². The molecule has 0 saturated carbocycles. The van der Waals surface area contributed by atoms with E-state index >= 15 is 0 Å². The zero-order valence-corrected chi connectivity index (χ0v) is 14.4. The van der Waals surface area contributed by atoms with E-state index in [0.717, 1.165) is 0 Å². The van der Waals surface area contributed by atoms with Gasteiger partial charge in [0.05, 0.1) is 18.1 Å². The molecule has 0 bridgehead atoms. The fraction of sp³-hybridized carbons (Fsp3) is 0.562. The fourth-order valence-corrected chi connectivity index (χ4v) is 3.75. The first kappa shape index (κ1) is 17.9. The van der Waals surface area contributed by atoms with Gasteiger partial charge in [0, 0.05) is 13.1 Å². The van der Waals surface area contributed by atoms with Crippen LogP contribution in [-0.2, 0) is 19.6 Å². The monoisotopic (exact) mass is 340 g/mol. The van der Waals surface area contributed by atoms with E-state index < -0.39 is 16.1 Å². The normalized spacial score (nSPS) is 17.3. The van der Waals surface area contributed by atoms with Crippen LogP contribution in [0.15, 0.2) is 35.2 Å². The quantitative estimate of drug-likeness (QED) is 0.845. The van der Waals surface area contributed by atoms with Crippen molar-refractivity contribution in [1.82, 2.24) is 9.62 Å². The van der Waals surface area contributed by atoms with Crippen molar-refractivity contribution in [3.63, 3.8) is 0 Å². The molecule has 1 heterocycles. The summed E-state index contributed by atoms with van der Waals surface area (Å²) >= 11 is 0. The highest BCUT2D eigenvalue weighted by Gasteiger charge is 2.30. The van der Waals surface area contributed by atoms with Crippen LogP contribution in [-0.4, -0.2) is 51.6 Å². The lowest BCUT2D eigenvalue weighted by molar-refractivity contribution is -0.137. The lowest BCUT2D eigenvalue weighted by Gasteiger charge is -2.31. The highest BCUT2D eigenvalue weighted by Crippen LogP contribution is 2.14. The number of rotatable bonds is 6. The minimum Gasteiger partial charge on any atom is -0.378 e. The predicted molar refractivity (Wildman–Crippen MR) is 87.4 cm³/mol. The molecule has 23 heavy (non-hydrogen) atoms. The third-order valence-corrected chi connectivity index (χ3v) is 5.17. The Labute approximate surface area is 137 Å². The summed E-state index contributed by atoms with van der Waals surface area (Å²) in [6.07, 6.45) is 0.461. The number of ether oxygens (including phenoxy) is 1. The van der Waals surface area contributed by atoms with Crippen LogP contribution < -0.4 is 4.72 Å². The Kier molecular flexibility index (Phi) is 6.15. The van der Waals surface area contributed by atoms with Crippen LogP contribution in [0, 0.1) is 5.92 Å². The van der Waals surface area contributed by atoms with Gasteiger partial charge in [-0.05, 0) is 24.5 Å². The molecule has 0 aromatic heterocycles. The van der Waals surface area contributed by atoms with Crippen molar-refractivity contribution in [3.05, 3.63) is 30.3 Å². The van der Waals surface area contributed by atoms with Crippen molar-refractivity contribution in [1.29, 1.82) is 0 Å². The summed E-state index contributed by atoms with van der Waals surface area (Å²) in [5, 5.41) is 0. The van der Waals surface area contributed by atoms with Gasteiger partial charge in [-0.2, -0.15) is 4.72 Å². The first-order chi connectivity index (χ1) is 10.9. The number of amides is 1. The molecule has 1 atom stereocenters. The Bertz CT molecular complexity index is 610. The van der Waals surface area contributed by atoms with Crippen LogP contribution >= 0.6 is 0 Å². The van der Waals surface area contributed by atoms with Crippen LogP contribution in [0.1, 0.15) is 20.3 Å². The number of sulfonamides is 1. The van der Waals surface area contributed by atoms with E-state index in [0.29, 0.717) is 32.7 Å². The highest BCUT2D eigenvalue weighted by molar-refractivity contribution is 7.89. The Morgan fingerprint density at radius 1 is 1.22 bits per heavy atom. The number of nitrogens with zero attached hydrogens (tertiary/aromatic N) is 1. The van der Waals surface area contributed by atoms with Crippen molar-refractivity contribution in [2.24, 2.45) is 5.92 Å². The number of carbonyl (C=O) groups is 1. The summed E-state index contributed by atoms with van der Waals surface area (Å²) in [6.45, 7) is 5.92. The summed E-state index contributed by atoms with van der Waals surface area (Å²) < 4.78 is 32.8. The van der Waals surface area contributed by atoms with Crippen LogP contribution in [0.5, 0.6) is 0 Å². The minimum absolute atomic E-state index is 0.170. The van der Waals surface area contributed by atoms with Gasteiger partial charge in [0.15, 0.2) is 0 Å². The second-order valence-corrected chi connectivity index (χ2v) is 7.77. The van der Waals surface area contributed by atoms with Gasteiger partial charge in [-0.25, -0.2) is 8.42 Å². The van der Waals surface area contributed by atoms with Gasteiger partial charge in [0.25, 0.3) is 0 Å². The molecule has 1 aromatic rings. The summed E-state index contributed by atoms with van der Waals surface area (Å²) in [5.74, 6) is 0.0185. The molecule has 1 aliphatic heterocycles. The van der Waals surface area contributed by atoms with Gasteiger partial charge < -0.3 is 9.64 Å². The van der Waals surface area contributed by atoms with Gasteiger partial charge in [0.1, 0.15) is 6.04 Å². The van der Waals surface area contributed by atoms with Gasteiger partial charge in [-0.1, -0.05) is 32.0 Å². The number of carbonyl (C=O) groups excluding carboxylic acids is 1. The molecule has 6 nitrogen and oxygen atoms in total. The Morgan fingerprint density at radius 2 is 1.83 bits per heavy atom. The molecule has 1 aromatic carbocycles. The van der Waals surface area contributed by atoms with Gasteiger partial charge in [0.2, 0.25) is 15.9 Å². The molecule has 0 radical (unpaired) electrons. The van der Waals surface area contributed by atoms with Gasteiger partial charge in [-0.15, -0.1) is 0 Å². The lowest BCUT2D eigenvalue weighted by atomic mass is 10.0. The molecule has 0 spiro atoms. The minimum atomic E-state index is -3.72. The Morgan fingerprint density at radius 3 is 2.39 bits per heavy atom. The number of hydrogen-bond acceptors (Lipinski definition) is 4. The van der Waals surface area contributed by atoms with E-state index in [-0.39, 0.29) is 16.7 Å². The maximum absolute atomic E-state index is 12.7. The molecule has 0 aliphatic carbocycles. The molecular formula is C16H24N2O4S. The number of hydrogen-bond donors (Lipinski definition) is 1. The Hall–Kier alpha value is -1.44. The van der Waals surface area contributed by atoms with E-state index in [1.807, 2.05) is 13.8 Å². The fourth-order valence-electron chi connectivity index (χ4n) is 2.53. The molecule has 7 heteroatoms. The zero-order valence-electron chi connectivity index (χ0n) is 13.6. The van der Waals surface area contributed by atoms with Crippen molar-refractivity contribution in [2.75, 3.05) is 26.3 Å². The summed E-state index contributed by atoms with van der Waals surface area (Å²) in [6, 6.07) is 7.37. The van der Waals surface area contributed by atoms with E-state index in [1.165, 1.54) is 12.1 Å². The molecule has 1 N–H and O–H groups in total. The number of benzene rings is 1. The third-order valence-electron chi connectivity index (χ3n) is 3.68. The molecule has 1 saturated heterocycles. The van der Waals surface area contributed by atoms with Crippen molar-refractivity contribution in [3.8, 4) is 0 Å². The molecule has 1 fully saturated rings. The SMILES string of the molecule is CC(C)C[C@H](NS(=O)(=O)c1ccccc1)C(=O)N1CCOCC1. The second kappa shape index (κ2) is 7.90. The largest absolute Gasteiger partial charge is 0.378 e. The summed E-state index contributed by atoms with van der Waals surface area (Å²) in [4.78, 5) is 14.5. The maximum atomic E-state index is 12.7. The predicted octanol–water partition coefficient (Wildman–Crippen LogP) is 1.24. The topological polar surface area (TPSA) is 75.7 Å². The van der Waals surface area contributed by atoms with Crippen molar-refractivity contribution < 1.29 is 17.9 Å². The third kappa shape index (κ3) is 5.02. The van der Waals surface area contributed by atoms with Gasteiger partial charge >= 0.3 is 0 Å². The van der Waals surface area contributed by atoms with Crippen LogP contribution in [0.4, 0.5) is 0 Å². The molecule has 0 unspecified atom stereocenters. The average molecular weight is 340 g/mol. The molecule has 2 rings (SSSR count). The van der Waals surface area contributed by atoms with E-state index in [4.69, 9.17) is 4.74 Å². The average Bonchev–Trinajstić information content (AvgIpc) is 2.54. The zero-order chi connectivity index (χ0) is 16.9. The lowest BCUT2D eigenvalue weighted by Crippen LogP contribution is -2.52. The molecule has 1 aliphatic rings.